The van der Waals surface area contributed by atoms with Crippen LogP contribution in [0.1, 0.15) is 12.0 Å². The van der Waals surface area contributed by atoms with Crippen molar-refractivity contribution in [2.75, 3.05) is 30.3 Å². The molecule has 1 aliphatic heterocycles. The molecule has 0 aliphatic carbocycles. The molecule has 0 radical (unpaired) electrons. The molecule has 1 heterocycles. The predicted octanol–water partition coefficient (Wildman–Crippen LogP) is 4.64. The maximum atomic E-state index is 12.4. The number of halogens is 2. The highest BCUT2D eigenvalue weighted by Crippen LogP contribution is 2.32. The van der Waals surface area contributed by atoms with E-state index < -0.39 is 0 Å². The zero-order valence-corrected chi connectivity index (χ0v) is 17.2. The maximum absolute atomic E-state index is 12.4. The number of nitrogens with one attached hydrogen (secondary N) is 2. The van der Waals surface area contributed by atoms with Crippen LogP contribution < -0.4 is 10.6 Å². The van der Waals surface area contributed by atoms with Crippen molar-refractivity contribution in [2.45, 2.75) is 19.4 Å². The Morgan fingerprint density at radius 2 is 1.88 bits per heavy atom. The number of hydrogen-bond acceptors (Lipinski definition) is 3. The van der Waals surface area contributed by atoms with Crippen LogP contribution in [0.2, 0.25) is 0 Å². The molecule has 2 aromatic rings. The van der Waals surface area contributed by atoms with Gasteiger partial charge in [-0.2, -0.15) is 0 Å². The number of rotatable bonds is 5. The molecule has 1 saturated heterocycles. The second-order valence-corrected chi connectivity index (χ2v) is 8.09. The summed E-state index contributed by atoms with van der Waals surface area (Å²) < 4.78 is 1.77. The monoisotopic (exact) mass is 465 g/mol. The molecule has 132 valence electrons. The Kier molecular flexibility index (Phi) is 6.15. The quantitative estimate of drug-likeness (QED) is 0.674. The van der Waals surface area contributed by atoms with Gasteiger partial charge in [-0.1, -0.05) is 18.2 Å². The van der Waals surface area contributed by atoms with Gasteiger partial charge >= 0.3 is 0 Å². The summed E-state index contributed by atoms with van der Waals surface area (Å²) in [4.78, 5) is 14.6. The highest BCUT2D eigenvalue weighted by atomic mass is 79.9. The zero-order chi connectivity index (χ0) is 17.8. The van der Waals surface area contributed by atoms with Gasteiger partial charge in [0.1, 0.15) is 0 Å². The lowest BCUT2D eigenvalue weighted by molar-refractivity contribution is -0.117. The first-order chi connectivity index (χ1) is 12.0. The Balaban J connectivity index is 1.52. The van der Waals surface area contributed by atoms with Gasteiger partial charge < -0.3 is 10.6 Å². The normalized spacial score (nSPS) is 17.5. The number of benzene rings is 2. The van der Waals surface area contributed by atoms with Crippen LogP contribution in [-0.2, 0) is 4.79 Å². The van der Waals surface area contributed by atoms with Crippen LogP contribution >= 0.6 is 31.9 Å². The molecule has 1 atom stereocenters. The molecule has 25 heavy (non-hydrogen) atoms. The van der Waals surface area contributed by atoms with E-state index in [1.807, 2.05) is 37.3 Å². The summed E-state index contributed by atoms with van der Waals surface area (Å²) in [6.07, 6.45) is 1.04. The molecular weight excluding hydrogens is 446 g/mol. The molecule has 2 aromatic carbocycles. The third kappa shape index (κ3) is 5.06. The molecule has 6 heteroatoms. The standard InChI is InChI=1S/C19H21Br2N3O/c1-13-9-16(20)19(17(21)10-13)23-18(25)12-24-8-7-15(11-24)22-14-5-3-2-4-6-14/h2-6,9-10,15,22H,7-8,11-12H2,1H3,(H,23,25). The number of para-hydroxylation sites is 1. The van der Waals surface area contributed by atoms with E-state index >= 15 is 0 Å². The number of carbonyl (C=O) groups excluding carboxylic acids is 1. The summed E-state index contributed by atoms with van der Waals surface area (Å²) in [6.45, 7) is 4.22. The van der Waals surface area contributed by atoms with Crippen molar-refractivity contribution in [1.82, 2.24) is 4.90 Å². The van der Waals surface area contributed by atoms with E-state index in [2.05, 4.69) is 59.5 Å². The van der Waals surface area contributed by atoms with Crippen LogP contribution in [0.4, 0.5) is 11.4 Å². The zero-order valence-electron chi connectivity index (χ0n) is 14.1. The highest BCUT2D eigenvalue weighted by Gasteiger charge is 2.24. The number of aryl methyl sites for hydroxylation is 1. The lowest BCUT2D eigenvalue weighted by Gasteiger charge is -2.18. The Labute approximate surface area is 165 Å². The number of hydrogen-bond donors (Lipinski definition) is 2. The number of amides is 1. The van der Waals surface area contributed by atoms with Gasteiger partial charge in [0.05, 0.1) is 12.2 Å². The minimum atomic E-state index is 0.00520. The second-order valence-electron chi connectivity index (χ2n) is 6.38. The van der Waals surface area contributed by atoms with Crippen LogP contribution in [0.3, 0.4) is 0 Å². The molecular formula is C19H21Br2N3O. The van der Waals surface area contributed by atoms with Crippen molar-refractivity contribution in [2.24, 2.45) is 0 Å². The predicted molar refractivity (Wildman–Crippen MR) is 110 cm³/mol. The third-order valence-electron chi connectivity index (χ3n) is 4.24. The van der Waals surface area contributed by atoms with Gasteiger partial charge in [0.15, 0.2) is 0 Å². The summed E-state index contributed by atoms with van der Waals surface area (Å²) in [5, 5.41) is 6.53. The number of anilines is 2. The number of carbonyl (C=O) groups is 1. The summed E-state index contributed by atoms with van der Waals surface area (Å²) in [7, 11) is 0. The van der Waals surface area contributed by atoms with Gasteiger partial charge in [-0.15, -0.1) is 0 Å². The fraction of sp³-hybridized carbons (Fsp3) is 0.316. The SMILES string of the molecule is Cc1cc(Br)c(NC(=O)CN2CCC(Nc3ccccc3)C2)c(Br)c1. The third-order valence-corrected chi connectivity index (χ3v) is 5.49. The van der Waals surface area contributed by atoms with Crippen molar-refractivity contribution in [3.05, 3.63) is 57.0 Å². The topological polar surface area (TPSA) is 44.4 Å². The van der Waals surface area contributed by atoms with Gasteiger partial charge in [0.2, 0.25) is 5.91 Å². The van der Waals surface area contributed by atoms with E-state index in [4.69, 9.17) is 0 Å². The molecule has 4 nitrogen and oxygen atoms in total. The Morgan fingerprint density at radius 1 is 1.20 bits per heavy atom. The number of nitrogens with zero attached hydrogens (tertiary/aromatic N) is 1. The molecule has 1 unspecified atom stereocenters. The average molecular weight is 467 g/mol. The van der Waals surface area contributed by atoms with Crippen LogP contribution in [0, 0.1) is 6.92 Å². The van der Waals surface area contributed by atoms with Gasteiger partial charge in [0, 0.05) is 33.8 Å². The van der Waals surface area contributed by atoms with Crippen molar-refractivity contribution >= 4 is 49.1 Å². The van der Waals surface area contributed by atoms with Crippen LogP contribution in [0.25, 0.3) is 0 Å². The smallest absolute Gasteiger partial charge is 0.238 e. The minimum Gasteiger partial charge on any atom is -0.381 e. The van der Waals surface area contributed by atoms with Gasteiger partial charge in [-0.05, 0) is 75.0 Å². The van der Waals surface area contributed by atoms with Gasteiger partial charge in [0.25, 0.3) is 0 Å². The van der Waals surface area contributed by atoms with Crippen LogP contribution in [0.15, 0.2) is 51.4 Å². The van der Waals surface area contributed by atoms with Crippen molar-refractivity contribution in [1.29, 1.82) is 0 Å². The van der Waals surface area contributed by atoms with E-state index in [0.29, 0.717) is 12.6 Å². The molecule has 0 spiro atoms. The lowest BCUT2D eigenvalue weighted by Crippen LogP contribution is -2.33. The Bertz CT molecular complexity index is 729. The van der Waals surface area contributed by atoms with Crippen molar-refractivity contribution in [3.8, 4) is 0 Å². The first kappa shape index (κ1) is 18.4. The largest absolute Gasteiger partial charge is 0.381 e. The summed E-state index contributed by atoms with van der Waals surface area (Å²) in [6, 6.07) is 14.6. The van der Waals surface area contributed by atoms with E-state index in [9.17, 15) is 4.79 Å². The first-order valence-electron chi connectivity index (χ1n) is 8.30. The van der Waals surface area contributed by atoms with Crippen molar-refractivity contribution < 1.29 is 4.79 Å². The molecule has 0 aromatic heterocycles. The van der Waals surface area contributed by atoms with Crippen LogP contribution in [0.5, 0.6) is 0 Å². The fourth-order valence-electron chi connectivity index (χ4n) is 3.07. The Morgan fingerprint density at radius 3 is 2.56 bits per heavy atom. The summed E-state index contributed by atoms with van der Waals surface area (Å²) in [5.41, 5.74) is 3.05. The maximum Gasteiger partial charge on any atom is 0.238 e. The highest BCUT2D eigenvalue weighted by molar-refractivity contribution is 9.11. The molecule has 3 rings (SSSR count). The van der Waals surface area contributed by atoms with Gasteiger partial charge in [-0.25, -0.2) is 0 Å². The molecule has 2 N–H and O–H groups in total. The minimum absolute atomic E-state index is 0.00520. The number of likely N-dealkylation sites (tertiary alicyclic amines) is 1. The molecule has 1 fully saturated rings. The lowest BCUT2D eigenvalue weighted by atomic mass is 10.2. The second kappa shape index (κ2) is 8.34. The van der Waals surface area contributed by atoms with E-state index in [0.717, 1.165) is 45.4 Å². The van der Waals surface area contributed by atoms with Crippen molar-refractivity contribution in [3.63, 3.8) is 0 Å². The fourth-order valence-corrected chi connectivity index (χ4v) is 4.68. The summed E-state index contributed by atoms with van der Waals surface area (Å²) in [5.74, 6) is 0.00520. The van der Waals surface area contributed by atoms with Crippen LogP contribution in [-0.4, -0.2) is 36.5 Å². The van der Waals surface area contributed by atoms with E-state index in [1.165, 1.54) is 0 Å². The van der Waals surface area contributed by atoms with E-state index in [-0.39, 0.29) is 5.91 Å². The summed E-state index contributed by atoms with van der Waals surface area (Å²) >= 11 is 7.03. The van der Waals surface area contributed by atoms with E-state index in [1.54, 1.807) is 0 Å². The Hall–Kier alpha value is -1.37. The average Bonchev–Trinajstić information content (AvgIpc) is 2.98. The molecule has 0 saturated carbocycles. The molecule has 1 aliphatic rings. The molecule has 1 amide bonds. The first-order valence-corrected chi connectivity index (χ1v) is 9.89. The van der Waals surface area contributed by atoms with Gasteiger partial charge in [-0.3, -0.25) is 9.69 Å². The molecule has 0 bridgehead atoms.